The van der Waals surface area contributed by atoms with Gasteiger partial charge in [-0.1, -0.05) is 0 Å². The van der Waals surface area contributed by atoms with Crippen molar-refractivity contribution in [3.8, 4) is 11.8 Å². The van der Waals surface area contributed by atoms with E-state index in [1.165, 1.54) is 6.07 Å². The molecule has 0 spiro atoms. The average molecular weight is 281 g/mol. The van der Waals surface area contributed by atoms with Crippen molar-refractivity contribution in [2.45, 2.75) is 12.7 Å². The first kappa shape index (κ1) is 13.9. The van der Waals surface area contributed by atoms with Crippen molar-refractivity contribution in [1.82, 2.24) is 9.55 Å². The zero-order valence-corrected chi connectivity index (χ0v) is 10.3. The van der Waals surface area contributed by atoms with Crippen molar-refractivity contribution in [2.24, 2.45) is 0 Å². The molecule has 0 saturated heterocycles. The Morgan fingerprint density at radius 3 is 2.75 bits per heavy atom. The Kier molecular flexibility index (Phi) is 3.94. The maximum atomic E-state index is 12.9. The van der Waals surface area contributed by atoms with Crippen LogP contribution in [0.25, 0.3) is 0 Å². The minimum absolute atomic E-state index is 0.0562. The van der Waals surface area contributed by atoms with Crippen molar-refractivity contribution in [3.05, 3.63) is 48.0 Å². The maximum Gasteiger partial charge on any atom is 0.420 e. The number of ether oxygens (including phenoxy) is 1. The van der Waals surface area contributed by atoms with Gasteiger partial charge in [0.05, 0.1) is 30.1 Å². The topological polar surface area (TPSA) is 50.8 Å². The standard InChI is InChI=1S/C13H10F3N3O/c14-13(15,16)11-7-10(8-17)1-2-12(11)20-6-5-19-4-3-18-9-19/h1-4,7,9H,5-6H2. The third-order valence-electron chi connectivity index (χ3n) is 2.58. The van der Waals surface area contributed by atoms with Crippen LogP contribution in [0.2, 0.25) is 0 Å². The summed E-state index contributed by atoms with van der Waals surface area (Å²) in [6.45, 7) is 0.461. The molecule has 0 aliphatic rings. The van der Waals surface area contributed by atoms with Gasteiger partial charge < -0.3 is 9.30 Å². The van der Waals surface area contributed by atoms with Crippen LogP contribution < -0.4 is 4.74 Å². The molecule has 2 aromatic rings. The van der Waals surface area contributed by atoms with Crippen LogP contribution in [-0.2, 0) is 12.7 Å². The molecule has 1 aromatic carbocycles. The molecule has 0 fully saturated rings. The first-order chi connectivity index (χ1) is 9.50. The van der Waals surface area contributed by atoms with E-state index in [1.54, 1.807) is 29.4 Å². The Bertz CT molecular complexity index is 615. The van der Waals surface area contributed by atoms with Crippen LogP contribution in [0, 0.1) is 11.3 Å². The summed E-state index contributed by atoms with van der Waals surface area (Å²) in [6.07, 6.45) is 0.250. The zero-order chi connectivity index (χ0) is 14.6. The predicted octanol–water partition coefficient (Wildman–Crippen LogP) is 2.85. The number of imidazole rings is 1. The molecule has 0 aliphatic carbocycles. The quantitative estimate of drug-likeness (QED) is 0.865. The molecule has 0 radical (unpaired) electrons. The van der Waals surface area contributed by atoms with Crippen LogP contribution in [0.5, 0.6) is 5.75 Å². The fourth-order valence-electron chi connectivity index (χ4n) is 1.63. The van der Waals surface area contributed by atoms with Gasteiger partial charge in [-0.3, -0.25) is 0 Å². The molecule has 0 N–H and O–H groups in total. The summed E-state index contributed by atoms with van der Waals surface area (Å²) in [6, 6.07) is 4.92. The molecule has 1 aromatic heterocycles. The highest BCUT2D eigenvalue weighted by Gasteiger charge is 2.34. The van der Waals surface area contributed by atoms with Gasteiger partial charge in [0.1, 0.15) is 12.4 Å². The summed E-state index contributed by atoms with van der Waals surface area (Å²) in [5.41, 5.74) is -0.999. The lowest BCUT2D eigenvalue weighted by Crippen LogP contribution is -2.12. The summed E-state index contributed by atoms with van der Waals surface area (Å²) in [5.74, 6) is -0.281. The number of nitriles is 1. The van der Waals surface area contributed by atoms with E-state index in [4.69, 9.17) is 10.00 Å². The van der Waals surface area contributed by atoms with E-state index in [-0.39, 0.29) is 17.9 Å². The Balaban J connectivity index is 2.12. The second kappa shape index (κ2) is 5.65. The third-order valence-corrected chi connectivity index (χ3v) is 2.58. The Morgan fingerprint density at radius 2 is 2.15 bits per heavy atom. The number of nitrogens with zero attached hydrogens (tertiary/aromatic N) is 3. The summed E-state index contributed by atoms with van der Waals surface area (Å²) < 4.78 is 45.4. The van der Waals surface area contributed by atoms with Crippen LogP contribution in [0.4, 0.5) is 13.2 Å². The Hall–Kier alpha value is -2.49. The summed E-state index contributed by atoms with van der Waals surface area (Å²) in [7, 11) is 0. The Morgan fingerprint density at radius 1 is 1.35 bits per heavy atom. The van der Waals surface area contributed by atoms with E-state index in [9.17, 15) is 13.2 Å². The molecule has 0 atom stereocenters. The van der Waals surface area contributed by atoms with Gasteiger partial charge in [0.25, 0.3) is 0 Å². The first-order valence-corrected chi connectivity index (χ1v) is 5.70. The van der Waals surface area contributed by atoms with E-state index in [0.717, 1.165) is 12.1 Å². The fourth-order valence-corrected chi connectivity index (χ4v) is 1.63. The van der Waals surface area contributed by atoms with Crippen LogP contribution >= 0.6 is 0 Å². The van der Waals surface area contributed by atoms with Crippen LogP contribution in [0.1, 0.15) is 11.1 Å². The molecule has 20 heavy (non-hydrogen) atoms. The van der Waals surface area contributed by atoms with Gasteiger partial charge in [-0.15, -0.1) is 0 Å². The highest BCUT2D eigenvalue weighted by Crippen LogP contribution is 2.36. The lowest BCUT2D eigenvalue weighted by atomic mass is 10.1. The van der Waals surface area contributed by atoms with E-state index in [1.807, 2.05) is 0 Å². The molecule has 4 nitrogen and oxygen atoms in total. The second-order valence-corrected chi connectivity index (χ2v) is 3.97. The molecule has 1 heterocycles. The van der Waals surface area contributed by atoms with Crippen LogP contribution in [0.3, 0.4) is 0 Å². The smallest absolute Gasteiger partial charge is 0.420 e. The van der Waals surface area contributed by atoms with Crippen molar-refractivity contribution in [1.29, 1.82) is 5.26 Å². The molecule has 0 amide bonds. The van der Waals surface area contributed by atoms with E-state index < -0.39 is 11.7 Å². The van der Waals surface area contributed by atoms with Gasteiger partial charge in [0.15, 0.2) is 0 Å². The monoisotopic (exact) mass is 281 g/mol. The maximum absolute atomic E-state index is 12.9. The SMILES string of the molecule is N#Cc1ccc(OCCn2ccnc2)c(C(F)(F)F)c1. The number of aromatic nitrogens is 2. The minimum Gasteiger partial charge on any atom is -0.491 e. The third kappa shape index (κ3) is 3.29. The number of rotatable bonds is 4. The second-order valence-electron chi connectivity index (χ2n) is 3.97. The molecule has 2 rings (SSSR count). The number of alkyl halides is 3. The summed E-state index contributed by atoms with van der Waals surface area (Å²) >= 11 is 0. The predicted molar refractivity (Wildman–Crippen MR) is 63.9 cm³/mol. The number of halogens is 3. The van der Waals surface area contributed by atoms with Crippen molar-refractivity contribution in [2.75, 3.05) is 6.61 Å². The molecule has 0 bridgehead atoms. The molecule has 104 valence electrons. The van der Waals surface area contributed by atoms with E-state index in [2.05, 4.69) is 4.98 Å². The number of hydrogen-bond acceptors (Lipinski definition) is 3. The average Bonchev–Trinajstić information content (AvgIpc) is 2.91. The summed E-state index contributed by atoms with van der Waals surface area (Å²) in [4.78, 5) is 3.82. The number of benzene rings is 1. The van der Waals surface area contributed by atoms with Crippen LogP contribution in [0.15, 0.2) is 36.9 Å². The van der Waals surface area contributed by atoms with Crippen LogP contribution in [-0.4, -0.2) is 16.2 Å². The van der Waals surface area contributed by atoms with E-state index in [0.29, 0.717) is 6.54 Å². The summed E-state index contributed by atoms with van der Waals surface area (Å²) in [5, 5.41) is 8.65. The minimum atomic E-state index is -4.56. The fraction of sp³-hybridized carbons (Fsp3) is 0.231. The molecular formula is C13H10F3N3O. The highest BCUT2D eigenvalue weighted by molar-refractivity contribution is 5.43. The van der Waals surface area contributed by atoms with Gasteiger partial charge in [0, 0.05) is 12.4 Å². The zero-order valence-electron chi connectivity index (χ0n) is 10.3. The Labute approximate surface area is 113 Å². The molecule has 0 saturated carbocycles. The lowest BCUT2D eigenvalue weighted by molar-refractivity contribution is -0.139. The normalized spacial score (nSPS) is 11.1. The van der Waals surface area contributed by atoms with Gasteiger partial charge in [0.2, 0.25) is 0 Å². The first-order valence-electron chi connectivity index (χ1n) is 5.70. The van der Waals surface area contributed by atoms with Gasteiger partial charge in [-0.25, -0.2) is 4.98 Å². The van der Waals surface area contributed by atoms with Crippen molar-refractivity contribution < 1.29 is 17.9 Å². The highest BCUT2D eigenvalue weighted by atomic mass is 19.4. The van der Waals surface area contributed by atoms with Crippen molar-refractivity contribution >= 4 is 0 Å². The van der Waals surface area contributed by atoms with E-state index >= 15 is 0 Å². The van der Waals surface area contributed by atoms with Gasteiger partial charge in [-0.2, -0.15) is 18.4 Å². The van der Waals surface area contributed by atoms with Crippen molar-refractivity contribution in [3.63, 3.8) is 0 Å². The molecular weight excluding hydrogens is 271 g/mol. The molecule has 7 heteroatoms. The molecule has 0 unspecified atom stereocenters. The largest absolute Gasteiger partial charge is 0.491 e. The lowest BCUT2D eigenvalue weighted by Gasteiger charge is -2.14. The van der Waals surface area contributed by atoms with Gasteiger partial charge in [-0.05, 0) is 18.2 Å². The van der Waals surface area contributed by atoms with Gasteiger partial charge >= 0.3 is 6.18 Å². The number of hydrogen-bond donors (Lipinski definition) is 0. The molecule has 0 aliphatic heterocycles.